The number of nitrogens with zero attached hydrogens (tertiary/aromatic N) is 2. The maximum atomic E-state index is 4.82. The average molecular weight is 344 g/mol. The molecule has 3 nitrogen and oxygen atoms in total. The number of fused-ring (bicyclic) bond motifs is 1. The molecular weight excluding hydrogens is 325 g/mol. The van der Waals surface area contributed by atoms with Gasteiger partial charge < -0.3 is 0 Å². The number of halogens is 1. The van der Waals surface area contributed by atoms with E-state index in [4.69, 9.17) is 4.98 Å². The van der Waals surface area contributed by atoms with Crippen molar-refractivity contribution in [1.82, 2.24) is 9.88 Å². The fraction of sp³-hybridized carbons (Fsp3) is 0.615. The monoisotopic (exact) mass is 344 g/mol. The topological polar surface area (TPSA) is 28.2 Å². The van der Waals surface area contributed by atoms with Crippen molar-refractivity contribution in [1.29, 1.82) is 0 Å². The zero-order valence-electron chi connectivity index (χ0n) is 10.2. The van der Waals surface area contributed by atoms with Crippen LogP contribution in [0.25, 0.3) is 0 Å². The van der Waals surface area contributed by atoms with Crippen molar-refractivity contribution in [2.24, 2.45) is 0 Å². The number of pyridine rings is 1. The van der Waals surface area contributed by atoms with E-state index in [-0.39, 0.29) is 21.2 Å². The molecule has 0 aromatic carbocycles. The Bertz CT molecular complexity index is 408. The second-order valence-electron chi connectivity index (χ2n) is 4.93. The predicted octanol–water partition coefficient (Wildman–Crippen LogP) is -1.60. The van der Waals surface area contributed by atoms with Gasteiger partial charge in [-0.25, -0.2) is 0 Å². The molecule has 0 bridgehead atoms. The molecule has 0 spiro atoms. The predicted molar refractivity (Wildman–Crippen MR) is 65.6 cm³/mol. The maximum absolute atomic E-state index is 4.82. The summed E-state index contributed by atoms with van der Waals surface area (Å²) in [6.45, 7) is 3.64. The number of rotatable bonds is 2. The molecular formula is C13H19IN3-. The van der Waals surface area contributed by atoms with E-state index in [1.54, 1.807) is 0 Å². The summed E-state index contributed by atoms with van der Waals surface area (Å²) in [4.78, 5) is 7.27. The Balaban J connectivity index is 1.71. The summed E-state index contributed by atoms with van der Waals surface area (Å²) < 4.78 is 2.28. The molecule has 1 aromatic heterocycles. The molecule has 94 valence electrons. The fourth-order valence-electron chi connectivity index (χ4n) is 2.49. The molecule has 2 aliphatic heterocycles. The molecule has 1 N–H and O–H groups in total. The van der Waals surface area contributed by atoms with Crippen LogP contribution in [0.5, 0.6) is 0 Å². The summed E-state index contributed by atoms with van der Waals surface area (Å²) in [5.41, 5.74) is 1.41. The van der Waals surface area contributed by atoms with E-state index in [2.05, 4.69) is 29.4 Å². The van der Waals surface area contributed by atoms with Crippen LogP contribution in [-0.4, -0.2) is 40.5 Å². The second-order valence-corrected chi connectivity index (χ2v) is 8.42. The van der Waals surface area contributed by atoms with Gasteiger partial charge in [-0.1, -0.05) is 0 Å². The number of anilines is 1. The summed E-state index contributed by atoms with van der Waals surface area (Å²) in [6, 6.07) is 4.57. The summed E-state index contributed by atoms with van der Waals surface area (Å²) in [5, 5.41) is 3.43. The number of alkyl halides is 1. The van der Waals surface area contributed by atoms with Gasteiger partial charge in [-0.15, -0.1) is 0 Å². The molecule has 1 atom stereocenters. The minimum atomic E-state index is 0.0864. The van der Waals surface area contributed by atoms with Gasteiger partial charge in [0, 0.05) is 0 Å². The van der Waals surface area contributed by atoms with Crippen LogP contribution < -0.4 is 26.5 Å². The van der Waals surface area contributed by atoms with E-state index in [1.807, 2.05) is 0 Å². The molecule has 0 amide bonds. The summed E-state index contributed by atoms with van der Waals surface area (Å²) in [6.07, 6.45) is 3.81. The van der Waals surface area contributed by atoms with E-state index >= 15 is 0 Å². The minimum absolute atomic E-state index is 0.0864. The van der Waals surface area contributed by atoms with Crippen molar-refractivity contribution >= 4 is 5.82 Å². The Labute approximate surface area is 113 Å². The van der Waals surface area contributed by atoms with Gasteiger partial charge in [0.25, 0.3) is 0 Å². The van der Waals surface area contributed by atoms with Crippen molar-refractivity contribution in [3.63, 3.8) is 0 Å². The van der Waals surface area contributed by atoms with Crippen LogP contribution in [0.4, 0.5) is 5.82 Å². The standard InChI is InChI=1S/C13H19IN3/c1-17-8-6-11(9-17)14-12-5-4-10-3-2-7-15-13(10)16-12/h4-5,11H,2-3,6-9H2,1H3,(H,15,16)/q-1. The SMILES string of the molecule is CN1CCC([I-]c2ccc3c(n2)NCCC3)C1. The molecule has 3 rings (SSSR count). The molecule has 0 saturated carbocycles. The Morgan fingerprint density at radius 3 is 3.24 bits per heavy atom. The molecule has 1 fully saturated rings. The molecule has 3 heterocycles. The van der Waals surface area contributed by atoms with Crippen LogP contribution in [0, 0.1) is 3.70 Å². The Morgan fingerprint density at radius 1 is 1.47 bits per heavy atom. The Morgan fingerprint density at radius 2 is 2.41 bits per heavy atom. The number of nitrogens with one attached hydrogen (secondary N) is 1. The van der Waals surface area contributed by atoms with Crippen molar-refractivity contribution in [3.8, 4) is 0 Å². The van der Waals surface area contributed by atoms with Crippen molar-refractivity contribution in [2.45, 2.75) is 23.2 Å². The Kier molecular flexibility index (Phi) is 3.51. The Hall–Kier alpha value is -0.360. The van der Waals surface area contributed by atoms with Crippen LogP contribution in [0.1, 0.15) is 18.4 Å². The van der Waals surface area contributed by atoms with E-state index in [0.717, 1.165) is 10.5 Å². The van der Waals surface area contributed by atoms with Crippen molar-refractivity contribution in [3.05, 3.63) is 21.4 Å². The number of aryl methyl sites for hydroxylation is 1. The first-order chi connectivity index (χ1) is 8.31. The van der Waals surface area contributed by atoms with Crippen LogP contribution in [0.2, 0.25) is 0 Å². The van der Waals surface area contributed by atoms with Crippen molar-refractivity contribution in [2.75, 3.05) is 32.0 Å². The van der Waals surface area contributed by atoms with Crippen LogP contribution in [0.15, 0.2) is 12.1 Å². The third kappa shape index (κ3) is 2.73. The van der Waals surface area contributed by atoms with Gasteiger partial charge in [-0.2, -0.15) is 0 Å². The molecule has 4 heteroatoms. The number of hydrogen-bond donors (Lipinski definition) is 1. The number of hydrogen-bond acceptors (Lipinski definition) is 3. The van der Waals surface area contributed by atoms with Gasteiger partial charge in [-0.3, -0.25) is 0 Å². The zero-order valence-corrected chi connectivity index (χ0v) is 12.4. The molecule has 1 saturated heterocycles. The third-order valence-electron chi connectivity index (χ3n) is 3.46. The van der Waals surface area contributed by atoms with E-state index < -0.39 is 0 Å². The third-order valence-corrected chi connectivity index (χ3v) is 6.60. The summed E-state index contributed by atoms with van der Waals surface area (Å²) >= 11 is 0.0864. The van der Waals surface area contributed by atoms with Gasteiger partial charge >= 0.3 is 113 Å². The first-order valence-corrected chi connectivity index (χ1v) is 8.69. The first-order valence-electron chi connectivity index (χ1n) is 6.37. The number of aromatic nitrogens is 1. The van der Waals surface area contributed by atoms with Gasteiger partial charge in [0.15, 0.2) is 0 Å². The van der Waals surface area contributed by atoms with Gasteiger partial charge in [0.05, 0.1) is 0 Å². The fourth-order valence-corrected chi connectivity index (χ4v) is 5.62. The summed E-state index contributed by atoms with van der Waals surface area (Å²) in [5.74, 6) is 1.17. The second kappa shape index (κ2) is 5.10. The van der Waals surface area contributed by atoms with Crippen molar-refractivity contribution < 1.29 is 21.2 Å². The van der Waals surface area contributed by atoms with Crippen LogP contribution >= 0.6 is 0 Å². The molecule has 17 heavy (non-hydrogen) atoms. The molecule has 0 radical (unpaired) electrons. The van der Waals surface area contributed by atoms with E-state index in [1.165, 1.54) is 47.4 Å². The van der Waals surface area contributed by atoms with Gasteiger partial charge in [0.2, 0.25) is 0 Å². The van der Waals surface area contributed by atoms with Gasteiger partial charge in [0.1, 0.15) is 0 Å². The van der Waals surface area contributed by atoms with Crippen LogP contribution in [0.3, 0.4) is 0 Å². The van der Waals surface area contributed by atoms with E-state index in [0.29, 0.717) is 0 Å². The quantitative estimate of drug-likeness (QED) is 0.398. The van der Waals surface area contributed by atoms with E-state index in [9.17, 15) is 0 Å². The average Bonchev–Trinajstić information content (AvgIpc) is 2.75. The number of likely N-dealkylation sites (tertiary alicyclic amines) is 1. The first kappa shape index (κ1) is 11.7. The molecule has 1 unspecified atom stereocenters. The molecule has 1 aromatic rings. The summed E-state index contributed by atoms with van der Waals surface area (Å²) in [7, 11) is 2.23. The van der Waals surface area contributed by atoms with Crippen LogP contribution in [-0.2, 0) is 6.42 Å². The normalized spacial score (nSPS) is 24.6. The zero-order chi connectivity index (χ0) is 11.7. The molecule has 0 aliphatic carbocycles. The molecule has 2 aliphatic rings. The van der Waals surface area contributed by atoms with Gasteiger partial charge in [-0.05, 0) is 0 Å².